The first kappa shape index (κ1) is 121. The molecule has 2 aromatic carbocycles. The van der Waals surface area contributed by atoms with Gasteiger partial charge in [0, 0.05) is 206 Å². The molecule has 19 rings (SSSR count). The second-order valence-electron chi connectivity index (χ2n) is 37.2. The summed E-state index contributed by atoms with van der Waals surface area (Å²) >= 11 is 6.47. The maximum absolute atomic E-state index is 14.7. The van der Waals surface area contributed by atoms with E-state index in [0.29, 0.717) is 104 Å². The highest BCUT2D eigenvalue weighted by molar-refractivity contribution is 7.92. The molecule has 2 amide bonds. The molecule has 145 heavy (non-hydrogen) atoms. The van der Waals surface area contributed by atoms with Gasteiger partial charge in [-0.15, -0.1) is 4.36 Å². The first-order valence-electron chi connectivity index (χ1n) is 46.6. The zero-order valence-corrected chi connectivity index (χ0v) is 85.7. The van der Waals surface area contributed by atoms with Crippen molar-refractivity contribution in [3.05, 3.63) is 260 Å². The molecular formula is C106H129ClN10O27S. The van der Waals surface area contributed by atoms with Crippen LogP contribution >= 0.6 is 11.6 Å². The number of benzene rings is 2. The molecule has 10 aliphatic rings. The lowest BCUT2D eigenvalue weighted by molar-refractivity contribution is -0.193. The largest absolute Gasteiger partial charge is 0.490 e. The number of nitrogens with one attached hydrogen (secondary N) is 1. The van der Waals surface area contributed by atoms with Crippen LogP contribution in [0.4, 0.5) is 5.69 Å². The van der Waals surface area contributed by atoms with Crippen LogP contribution < -0.4 is 14.4 Å². The lowest BCUT2D eigenvalue weighted by Crippen LogP contribution is -2.49. The summed E-state index contributed by atoms with van der Waals surface area (Å²) in [5.74, 6) is -0.0150. The molecule has 1 saturated carbocycles. The predicted molar refractivity (Wildman–Crippen MR) is 523 cm³/mol. The lowest BCUT2D eigenvalue weighted by atomic mass is 9.68. The Morgan fingerprint density at radius 2 is 1.13 bits per heavy atom. The molecule has 0 saturated heterocycles. The number of Topliss-reactive ketones (excluding diaryl/α,β-unsaturated/α-hetero) is 2. The number of halogens is 1. The zero-order valence-electron chi connectivity index (χ0n) is 84.2. The smallest absolute Gasteiger partial charge is 0.373 e. The highest BCUT2D eigenvalue weighted by Crippen LogP contribution is 2.48. The first-order valence-corrected chi connectivity index (χ1v) is 48.6. The average Bonchev–Trinajstić information content (AvgIpc) is 1.72. The minimum atomic E-state index is -3.53. The van der Waals surface area contributed by atoms with Gasteiger partial charge in [-0.1, -0.05) is 81.3 Å². The van der Waals surface area contributed by atoms with Crippen molar-refractivity contribution in [2.24, 2.45) is 27.5 Å². The Labute approximate surface area is 847 Å². The molecule has 10 atom stereocenters. The van der Waals surface area contributed by atoms with E-state index in [4.69, 9.17) is 108 Å². The Balaban J connectivity index is 0.000000325. The van der Waals surface area contributed by atoms with Gasteiger partial charge in [0.25, 0.3) is 11.8 Å². The Kier molecular flexibility index (Phi) is 51.7. The number of aryl methyl sites for hydroxylation is 6. The second kappa shape index (κ2) is 61.8. The fraction of sp³-hybridized carbons (Fsp3) is 0.453. The van der Waals surface area contributed by atoms with Gasteiger partial charge >= 0.3 is 49.0 Å². The highest BCUT2D eigenvalue weighted by Gasteiger charge is 2.45. The molecule has 778 valence electrons. The molecule has 14 heterocycles. The maximum Gasteiger partial charge on any atom is 0.373 e. The van der Waals surface area contributed by atoms with Gasteiger partial charge in [-0.2, -0.15) is 67.1 Å². The maximum atomic E-state index is 14.7. The number of aliphatic hydroxyl groups is 1. The van der Waals surface area contributed by atoms with Gasteiger partial charge in [0.15, 0.2) is 11.6 Å². The van der Waals surface area contributed by atoms with Crippen LogP contribution in [0.3, 0.4) is 0 Å². The monoisotopic (exact) mass is 2040 g/mol. The number of fused-ring (bicyclic) bond motifs is 9. The molecule has 0 radical (unpaired) electrons. The van der Waals surface area contributed by atoms with Crippen LogP contribution in [0, 0.1) is 57.8 Å². The van der Waals surface area contributed by atoms with E-state index < -0.39 is 27.7 Å². The third-order valence-corrected chi connectivity index (χ3v) is 26.8. The van der Waals surface area contributed by atoms with E-state index in [1.54, 1.807) is 63.7 Å². The molecule has 3 aliphatic carbocycles. The summed E-state index contributed by atoms with van der Waals surface area (Å²) in [6.07, 6.45) is 42.7. The predicted octanol–water partition coefficient (Wildman–Crippen LogP) is 12.3. The lowest BCUT2D eigenvalue weighted by Gasteiger charge is -2.46. The van der Waals surface area contributed by atoms with Gasteiger partial charge < -0.3 is 70.8 Å². The Morgan fingerprint density at radius 1 is 0.593 bits per heavy atom. The molecule has 2 bridgehead atoms. The van der Waals surface area contributed by atoms with Gasteiger partial charge in [0.1, 0.15) is 22.2 Å². The SMILES string of the molecule is CC1=CCC=C1.COC1Cc2cc(C(=O)NS3(=O)=NC(=O)c4ccc5c(c4)N(C[C@@H]4CC[C@H]4[C@@H](OC)/C=C/C[C@H](C)C3)C[C@@]3(CCCc4cc(Cl)ccc43)CO5)cn2C1.COC1Cc2cc(C)cn2C1.COC1Cc2cccn2C1.Cc1cc2n(c1)CC(=O)C2.Cc1cc2n(c1)CC(O)C2.Cc1ccn(CC(=O)CC(C)(C)C)c1.Cc1ccn(CC(=O)O)c1.O=C=O.O=C=O.O=C=O.O=C=O.O=C=O.O=C=O.O=C=O. The van der Waals surface area contributed by atoms with Crippen molar-refractivity contribution in [2.75, 3.05) is 58.8 Å². The minimum absolute atomic E-state index is 0.0178. The number of rotatable bonds is 11. The van der Waals surface area contributed by atoms with Crippen molar-refractivity contribution in [3.8, 4) is 5.75 Å². The second-order valence-corrected chi connectivity index (χ2v) is 39.6. The topological polar surface area (TPSA) is 490 Å². The fourth-order valence-corrected chi connectivity index (χ4v) is 20.5. The van der Waals surface area contributed by atoms with Crippen LogP contribution in [0.15, 0.2) is 181 Å². The van der Waals surface area contributed by atoms with E-state index in [9.17, 15) is 33.3 Å². The number of carboxylic acid groups (broad SMARTS) is 1. The molecule has 37 nitrogen and oxygen atoms in total. The molecule has 1 fully saturated rings. The summed E-state index contributed by atoms with van der Waals surface area (Å²) in [7, 11) is 3.48. The minimum Gasteiger partial charge on any atom is -0.490 e. The van der Waals surface area contributed by atoms with E-state index in [-0.39, 0.29) is 90.4 Å². The van der Waals surface area contributed by atoms with Crippen molar-refractivity contribution in [3.63, 3.8) is 0 Å². The third-order valence-electron chi connectivity index (χ3n) is 24.6. The van der Waals surface area contributed by atoms with Gasteiger partial charge in [0.05, 0.1) is 67.2 Å². The Morgan fingerprint density at radius 3 is 1.61 bits per heavy atom. The van der Waals surface area contributed by atoms with Crippen LogP contribution in [-0.4, -0.2) is 203 Å². The average molecular weight is 2040 g/mol. The van der Waals surface area contributed by atoms with Gasteiger partial charge in [0.2, 0.25) is 0 Å². The summed E-state index contributed by atoms with van der Waals surface area (Å²) in [5.41, 5.74) is 17.7. The molecule has 9 aromatic rings. The number of carbonyl (C=O) groups excluding carboxylic acids is 18. The van der Waals surface area contributed by atoms with Gasteiger partial charge in [-0.05, 0) is 227 Å². The number of aliphatic hydroxyl groups excluding tert-OH is 1. The molecule has 5 unspecified atom stereocenters. The van der Waals surface area contributed by atoms with Gasteiger partial charge in [-0.3, -0.25) is 28.7 Å². The van der Waals surface area contributed by atoms with Crippen molar-refractivity contribution >= 4 is 99.6 Å². The molecular weight excluding hydrogens is 1910 g/mol. The number of hydrogen-bond acceptors (Lipinski definition) is 27. The normalized spacial score (nSPS) is 20.5. The van der Waals surface area contributed by atoms with E-state index >= 15 is 0 Å². The number of amides is 2. The summed E-state index contributed by atoms with van der Waals surface area (Å²) in [6.45, 7) is 27.2. The van der Waals surface area contributed by atoms with Crippen LogP contribution in [0.25, 0.3) is 0 Å². The van der Waals surface area contributed by atoms with E-state index in [1.807, 2.05) is 83.4 Å². The van der Waals surface area contributed by atoms with Crippen LogP contribution in [-0.2, 0) is 200 Å². The first-order chi connectivity index (χ1) is 69.1. The molecule has 3 N–H and O–H groups in total. The number of carbonyl (C=O) groups is 5. The number of allylic oxidation sites excluding steroid dienone is 5. The standard InChI is InChI=1S/C41H49ClN4O6S.C12H19NO.C9H13NO.C8H11NO.C8H9NO.C8H11NO.C7H9NO2.C6H8.7CO2/c1-26-6-4-8-37(51-3)34-12-9-29(34)20-46-24-41(15-5-7-27-16-31(42)11-13-35(27)41)25-52-38-14-10-28(18-36(38)46)39(47)43-53(49,23-26)44-40(48)30-17-32-19-33(50-2)22-45(32)21-30;1-10-5-6-13(8-10)9-11(14)7-12(2,3)4;1-7-3-8-4-9(11-2)6-10(8)5-7;2*1-6-2-7-3-8(10)5-9(7)4-6;1-10-8-5-7-3-2-4-9(7)6-8;1-6-2-3-8(4-6)5-7(9)10;1-6-4-2-3-5-6;7*2-1-3/h4,8,10-11,13-14,16-18,21,26,29,33-34,37H,5-7,9,12,15,19-20,22-25H2,1-3H3,(H,43,44,47,48,49);5-6,8H,7,9H2,1-4H3;3,5,9H,4,6H2,1-2H3;2,4,8,10H,3,5H2,1H3;2,4H,3,5H2,1H3;2-4,8H,5-6H2,1H3;2-4H,5H2,1H3,(H,9,10);2,4-5H,3H2,1H3;;;;;;;/b8-4+;;;;;;;;;;;;;;/t26-,29-,33?,34+,37-,41-,53?;;;;;;;;;;;;;;/m0............../s1. The summed E-state index contributed by atoms with van der Waals surface area (Å²) in [5, 5.41) is 18.3. The van der Waals surface area contributed by atoms with E-state index in [0.717, 1.165) is 112 Å². The number of ketones is 2. The van der Waals surface area contributed by atoms with Crippen LogP contribution in [0.2, 0.25) is 5.02 Å². The number of aliphatic carboxylic acids is 1. The van der Waals surface area contributed by atoms with Crippen LogP contribution in [0.5, 0.6) is 5.75 Å². The fourth-order valence-electron chi connectivity index (χ4n) is 18.4. The summed E-state index contributed by atoms with van der Waals surface area (Å²) in [4.78, 5) is 177. The molecule has 39 heteroatoms. The number of carboxylic acids is 1. The number of nitrogens with zero attached hydrogens (tertiary/aromatic N) is 9. The van der Waals surface area contributed by atoms with Crippen molar-refractivity contribution < 1.29 is 129 Å². The van der Waals surface area contributed by atoms with Crippen molar-refractivity contribution in [2.45, 2.75) is 234 Å². The number of aromatic nitrogens is 7. The quantitative estimate of drug-likeness (QED) is 0.101. The number of hydrogen-bond donors (Lipinski definition) is 3. The number of methoxy groups -OCH3 is 4. The number of ether oxygens (including phenoxy) is 5. The number of anilines is 1. The van der Waals surface area contributed by atoms with Crippen LogP contribution in [0.1, 0.15) is 168 Å². The van der Waals surface area contributed by atoms with E-state index in [1.165, 1.54) is 61.7 Å². The van der Waals surface area contributed by atoms with E-state index in [2.05, 4.69) is 168 Å². The molecule has 7 aliphatic heterocycles. The van der Waals surface area contributed by atoms with Gasteiger partial charge in [-0.25, -0.2) is 4.21 Å². The Hall–Kier alpha value is -14.1. The highest BCUT2D eigenvalue weighted by atomic mass is 35.5. The van der Waals surface area contributed by atoms with Crippen molar-refractivity contribution in [1.82, 2.24) is 36.7 Å². The summed E-state index contributed by atoms with van der Waals surface area (Å²) < 4.78 is 64.7. The molecule has 7 aromatic heterocycles. The Bertz CT molecular complexity index is 6000. The summed E-state index contributed by atoms with van der Waals surface area (Å²) in [6, 6.07) is 28.0. The molecule has 1 spiro atoms. The van der Waals surface area contributed by atoms with Crippen molar-refractivity contribution in [1.29, 1.82) is 0 Å². The third kappa shape index (κ3) is 40.2. The zero-order chi connectivity index (χ0) is 108.